The van der Waals surface area contributed by atoms with Gasteiger partial charge in [-0.25, -0.2) is 33.3 Å². The molecule has 0 amide bonds. The predicted octanol–water partition coefficient (Wildman–Crippen LogP) is 11.0. The molecule has 0 radical (unpaired) electrons. The third-order valence-corrected chi connectivity index (χ3v) is 11.5. The lowest BCUT2D eigenvalue weighted by Gasteiger charge is -2.31. The van der Waals surface area contributed by atoms with Gasteiger partial charge in [-0.05, 0) is 157 Å². The van der Waals surface area contributed by atoms with Crippen LogP contribution in [0.4, 0.5) is 0 Å². The minimum absolute atomic E-state index is 0.136. The van der Waals surface area contributed by atoms with Gasteiger partial charge in [-0.2, -0.15) is 0 Å². The number of unbranched alkanes of at least 4 members (excludes halogenated alkanes) is 6. The van der Waals surface area contributed by atoms with Crippen molar-refractivity contribution in [2.75, 3.05) is 39.6 Å². The summed E-state index contributed by atoms with van der Waals surface area (Å²) in [6.45, 7) is 31.9. The molecular weight excluding hydrogens is 900 g/mol. The second-order valence-corrected chi connectivity index (χ2v) is 18.6. The maximum absolute atomic E-state index is 15.4. The monoisotopic (exact) mass is 981 g/mol. The molecular formula is C51H81O16P. The van der Waals surface area contributed by atoms with E-state index in [-0.39, 0.29) is 73.1 Å². The molecule has 0 heterocycles. The highest BCUT2D eigenvalue weighted by Crippen LogP contribution is 2.55. The fourth-order valence-corrected chi connectivity index (χ4v) is 7.82. The van der Waals surface area contributed by atoms with Crippen molar-refractivity contribution in [1.29, 1.82) is 0 Å². The minimum atomic E-state index is -4.48. The Morgan fingerprint density at radius 3 is 0.588 bits per heavy atom. The van der Waals surface area contributed by atoms with E-state index in [0.717, 1.165) is 0 Å². The minimum Gasteiger partial charge on any atom is -0.462 e. The number of esters is 6. The smallest absolute Gasteiger partial charge is 0.462 e. The first-order valence-electron chi connectivity index (χ1n) is 23.7. The summed E-state index contributed by atoms with van der Waals surface area (Å²) < 4.78 is 66.8. The van der Waals surface area contributed by atoms with Crippen molar-refractivity contribution < 1.29 is 75.3 Å². The van der Waals surface area contributed by atoms with Gasteiger partial charge in [0.05, 0.1) is 58.0 Å². The quantitative estimate of drug-likeness (QED) is 0.0183. The molecule has 0 aliphatic carbocycles. The lowest BCUT2D eigenvalue weighted by Crippen LogP contribution is -2.22. The van der Waals surface area contributed by atoms with Gasteiger partial charge >= 0.3 is 43.6 Å². The molecule has 0 aromatic heterocycles. The summed E-state index contributed by atoms with van der Waals surface area (Å²) in [7, 11) is -4.48. The van der Waals surface area contributed by atoms with Crippen molar-refractivity contribution in [2.45, 2.75) is 175 Å². The van der Waals surface area contributed by atoms with Gasteiger partial charge in [0.15, 0.2) is 0 Å². The molecule has 0 unspecified atom stereocenters. The number of hydrogen-bond acceptors (Lipinski definition) is 16. The van der Waals surface area contributed by atoms with Gasteiger partial charge in [0, 0.05) is 33.4 Å². The maximum Gasteiger partial charge on any atom is 0.475 e. The van der Waals surface area contributed by atoms with Crippen LogP contribution in [0, 0.1) is 0 Å². The van der Waals surface area contributed by atoms with Crippen molar-refractivity contribution in [1.82, 2.24) is 0 Å². The first kappa shape index (κ1) is 63.4. The molecule has 0 spiro atoms. The van der Waals surface area contributed by atoms with E-state index in [0.29, 0.717) is 116 Å². The summed E-state index contributed by atoms with van der Waals surface area (Å²) in [5.74, 6) is -3.02. The molecule has 16 nitrogen and oxygen atoms in total. The molecule has 0 aromatic rings. The zero-order chi connectivity index (χ0) is 51.5. The van der Waals surface area contributed by atoms with Gasteiger partial charge in [0.25, 0.3) is 0 Å². The van der Waals surface area contributed by atoms with E-state index in [1.807, 2.05) is 0 Å². The summed E-state index contributed by atoms with van der Waals surface area (Å²) in [5.41, 5.74) is 1.66. The Bertz CT molecular complexity index is 1430. The number of rotatable bonds is 42. The van der Waals surface area contributed by atoms with Crippen molar-refractivity contribution in [2.24, 2.45) is 0 Å². The van der Waals surface area contributed by atoms with Crippen LogP contribution in [0.5, 0.6) is 0 Å². The summed E-state index contributed by atoms with van der Waals surface area (Å²) in [6.07, 6.45) is 6.21. The summed E-state index contributed by atoms with van der Waals surface area (Å²) >= 11 is 0. The number of carbonyl (C=O) groups is 6. The molecule has 386 valence electrons. The molecule has 0 fully saturated rings. The van der Waals surface area contributed by atoms with E-state index < -0.39 is 62.0 Å². The van der Waals surface area contributed by atoms with Crippen LogP contribution in [-0.2, 0) is 75.3 Å². The van der Waals surface area contributed by atoms with Gasteiger partial charge in [0.2, 0.25) is 0 Å². The second-order valence-electron chi connectivity index (χ2n) is 17.1. The van der Waals surface area contributed by atoms with E-state index in [1.165, 1.54) is 0 Å². The Labute approximate surface area is 405 Å². The Morgan fingerprint density at radius 1 is 0.309 bits per heavy atom. The molecule has 0 aromatic carbocycles. The number of ether oxygens (including phenoxy) is 6. The SMILES string of the molecule is C=C(C)C(=O)OCCCCC(CCCCOC(=O)C(=C)C)OP(=O)(OC(CCCCOC(=O)C(=C)C)CCCCOC(=O)C(=C)C)OC(CCCCOC(=O)C(=C)C)CCCCOC(=O)C(=C)C. The zero-order valence-corrected chi connectivity index (χ0v) is 42.8. The van der Waals surface area contributed by atoms with E-state index in [2.05, 4.69) is 39.5 Å². The van der Waals surface area contributed by atoms with Gasteiger partial charge in [0.1, 0.15) is 0 Å². The third kappa shape index (κ3) is 33.0. The third-order valence-electron chi connectivity index (χ3n) is 9.85. The molecule has 17 heteroatoms. The Hall–Kier alpha value is -4.63. The van der Waals surface area contributed by atoms with Crippen LogP contribution in [0.2, 0.25) is 0 Å². The Kier molecular flexibility index (Phi) is 34.7. The standard InChI is InChI=1S/C51H81O16P/c1-37(2)46(52)59-31-19-13-25-43(26-14-20-32-60-47(53)38(3)4)65-68(58,66-44(27-15-21-33-61-48(54)39(5)6)28-16-22-34-62-49(55)40(7)8)67-45(29-17-23-35-63-50(56)41(9)10)30-18-24-36-64-51(57)42(11)12/h43-45H,1,3,5,7,9,11,13-36H2,2,4,6,8,10,12H3. The Morgan fingerprint density at radius 2 is 0.456 bits per heavy atom. The summed E-state index contributed by atoms with van der Waals surface area (Å²) in [5, 5.41) is 0. The normalized spacial score (nSPS) is 11.2. The molecule has 0 rings (SSSR count). The molecule has 0 N–H and O–H groups in total. The highest BCUT2D eigenvalue weighted by atomic mass is 31.2. The maximum atomic E-state index is 15.4. The number of hydrogen-bond donors (Lipinski definition) is 0. The van der Waals surface area contributed by atoms with Gasteiger partial charge in [-0.1, -0.05) is 39.5 Å². The van der Waals surface area contributed by atoms with Crippen LogP contribution in [-0.4, -0.2) is 93.8 Å². The number of phosphoric acid groups is 1. The van der Waals surface area contributed by atoms with Crippen molar-refractivity contribution in [3.05, 3.63) is 72.9 Å². The average molecular weight is 981 g/mol. The van der Waals surface area contributed by atoms with Gasteiger partial charge < -0.3 is 28.4 Å². The molecule has 0 aliphatic rings. The largest absolute Gasteiger partial charge is 0.475 e. The first-order valence-corrected chi connectivity index (χ1v) is 25.2. The highest BCUT2D eigenvalue weighted by Gasteiger charge is 2.37. The van der Waals surface area contributed by atoms with Crippen LogP contribution in [0.3, 0.4) is 0 Å². The highest BCUT2D eigenvalue weighted by molar-refractivity contribution is 7.48. The van der Waals surface area contributed by atoms with Crippen molar-refractivity contribution in [3.63, 3.8) is 0 Å². The van der Waals surface area contributed by atoms with Gasteiger partial charge in [-0.3, -0.25) is 13.6 Å². The predicted molar refractivity (Wildman–Crippen MR) is 260 cm³/mol. The molecule has 68 heavy (non-hydrogen) atoms. The summed E-state index contributed by atoms with van der Waals surface area (Å²) in [4.78, 5) is 72.2. The lowest BCUT2D eigenvalue weighted by molar-refractivity contribution is -0.140. The van der Waals surface area contributed by atoms with Crippen LogP contribution < -0.4 is 0 Å². The van der Waals surface area contributed by atoms with Crippen molar-refractivity contribution in [3.8, 4) is 0 Å². The van der Waals surface area contributed by atoms with Crippen LogP contribution in [0.1, 0.15) is 157 Å². The molecule has 0 bridgehead atoms. The number of phosphoric ester groups is 1. The van der Waals surface area contributed by atoms with Crippen molar-refractivity contribution >= 4 is 43.6 Å². The topological polar surface area (TPSA) is 203 Å². The Balaban J connectivity index is 6.82. The van der Waals surface area contributed by atoms with E-state index >= 15 is 4.57 Å². The molecule has 0 saturated heterocycles. The molecule has 0 aliphatic heterocycles. The summed E-state index contributed by atoms with van der Waals surface area (Å²) in [6, 6.07) is 0. The first-order chi connectivity index (χ1) is 32.1. The fourth-order valence-electron chi connectivity index (χ4n) is 5.94. The van der Waals surface area contributed by atoms with Crippen LogP contribution in [0.25, 0.3) is 0 Å². The molecule has 0 atom stereocenters. The van der Waals surface area contributed by atoms with E-state index in [4.69, 9.17) is 42.0 Å². The lowest BCUT2D eigenvalue weighted by atomic mass is 10.1. The second kappa shape index (κ2) is 37.3. The molecule has 0 saturated carbocycles. The van der Waals surface area contributed by atoms with Gasteiger partial charge in [-0.15, -0.1) is 0 Å². The fraction of sp³-hybridized carbons (Fsp3) is 0.647. The number of carbonyl (C=O) groups excluding carboxylic acids is 6. The van der Waals surface area contributed by atoms with E-state index in [9.17, 15) is 28.8 Å². The van der Waals surface area contributed by atoms with Crippen LogP contribution >= 0.6 is 7.82 Å². The zero-order valence-electron chi connectivity index (χ0n) is 41.9. The van der Waals surface area contributed by atoms with Crippen LogP contribution in [0.15, 0.2) is 72.9 Å². The van der Waals surface area contributed by atoms with E-state index in [1.54, 1.807) is 41.5 Å². The average Bonchev–Trinajstić information content (AvgIpc) is 3.26.